The summed E-state index contributed by atoms with van der Waals surface area (Å²) in [5, 5.41) is 15.8. The summed E-state index contributed by atoms with van der Waals surface area (Å²) in [6, 6.07) is -0.976. The number of thiazole rings is 1. The highest BCUT2D eigenvalue weighted by Gasteiger charge is 2.54. The van der Waals surface area contributed by atoms with Crippen LogP contribution < -0.4 is 11.1 Å². The number of β-lactam (4-membered cyclic amide) rings is 1. The molecule has 1 aromatic heterocycles. The molecule has 1 unspecified atom stereocenters. The number of esters is 2. The lowest BCUT2D eigenvalue weighted by molar-refractivity contribution is -0.182. The Labute approximate surface area is 196 Å². The summed E-state index contributed by atoms with van der Waals surface area (Å²) in [6.07, 6.45) is 2.24. The van der Waals surface area contributed by atoms with Gasteiger partial charge in [0.2, 0.25) is 6.29 Å². The van der Waals surface area contributed by atoms with Crippen LogP contribution in [0.1, 0.15) is 26.5 Å². The molecule has 0 saturated carbocycles. The van der Waals surface area contributed by atoms with Crippen LogP contribution in [0.25, 0.3) is 0 Å². The van der Waals surface area contributed by atoms with E-state index < -0.39 is 47.2 Å². The van der Waals surface area contributed by atoms with Gasteiger partial charge in [-0.05, 0) is 12.5 Å². The fourth-order valence-electron chi connectivity index (χ4n) is 3.24. The molecule has 0 aromatic carbocycles. The molecule has 1 aromatic rings. The van der Waals surface area contributed by atoms with E-state index in [9.17, 15) is 24.4 Å². The van der Waals surface area contributed by atoms with E-state index in [0.29, 0.717) is 11.3 Å². The quantitative estimate of drug-likeness (QED) is 0.121. The summed E-state index contributed by atoms with van der Waals surface area (Å²) < 4.78 is 10.0. The van der Waals surface area contributed by atoms with E-state index in [1.807, 2.05) is 0 Å². The molecule has 3 atom stereocenters. The molecule has 1 saturated heterocycles. The summed E-state index contributed by atoms with van der Waals surface area (Å²) in [7, 11) is 0. The number of nitrogens with two attached hydrogens (primary N) is 1. The Balaban J connectivity index is 1.78. The lowest BCUT2D eigenvalue weighted by Crippen LogP contribution is -2.71. The third-order valence-corrected chi connectivity index (χ3v) is 6.51. The highest BCUT2D eigenvalue weighted by atomic mass is 32.2. The highest BCUT2D eigenvalue weighted by Crippen LogP contribution is 2.41. The zero-order chi connectivity index (χ0) is 24.3. The molecule has 4 N–H and O–H groups in total. The van der Waals surface area contributed by atoms with E-state index in [4.69, 9.17) is 15.2 Å². The number of nitrogen functional groups attached to an aromatic ring is 1. The molecule has 2 aliphatic heterocycles. The van der Waals surface area contributed by atoms with Crippen LogP contribution in [0.4, 0.5) is 5.13 Å². The third kappa shape index (κ3) is 5.01. The fourth-order valence-corrected chi connectivity index (χ4v) is 5.11. The number of carbonyl (C=O) groups excluding carboxylic acids is 4. The Bertz CT molecular complexity index is 1080. The zero-order valence-electron chi connectivity index (χ0n) is 17.8. The molecule has 33 heavy (non-hydrogen) atoms. The molecule has 3 rings (SSSR count). The number of anilines is 1. The minimum atomic E-state index is -1.15. The number of nitrogens with zero attached hydrogens (tertiary/aromatic N) is 3. The van der Waals surface area contributed by atoms with Crippen molar-refractivity contribution in [1.82, 2.24) is 15.2 Å². The minimum Gasteiger partial charge on any atom is -0.426 e. The number of amides is 2. The van der Waals surface area contributed by atoms with Crippen LogP contribution in [0.15, 0.2) is 34.0 Å². The number of rotatable bonds is 7. The van der Waals surface area contributed by atoms with Crippen LogP contribution in [0.2, 0.25) is 0 Å². The van der Waals surface area contributed by atoms with Gasteiger partial charge in [-0.2, -0.15) is 0 Å². The minimum absolute atomic E-state index is 0.00896. The molecular weight excluding hydrogens is 474 g/mol. The van der Waals surface area contributed by atoms with Gasteiger partial charge in [0, 0.05) is 25.0 Å². The van der Waals surface area contributed by atoms with Crippen molar-refractivity contribution >= 4 is 57.7 Å². The first kappa shape index (κ1) is 24.3. The largest absolute Gasteiger partial charge is 0.426 e. The molecule has 0 spiro atoms. The highest BCUT2D eigenvalue weighted by molar-refractivity contribution is 8.00. The van der Waals surface area contributed by atoms with Crippen molar-refractivity contribution in [2.24, 2.45) is 5.16 Å². The summed E-state index contributed by atoms with van der Waals surface area (Å²) in [6.45, 7) is 4.32. The molecule has 12 nitrogen and oxygen atoms in total. The standard InChI is InChI=1S/C19H21N5O7S2/c1-4-5-10-6-32-17-13(22-15(26)12(23-29)11-7-33-19(20)21-11)16(27)24(17)14(10)18(28)31-9(3)30-8(2)25/h4-5,7,9,13,17,29H,6H2,1-3H3,(H2,20,21)(H,22,26)/b5-4-,23-12+/t9?,13-,17-/m1/s1. The first-order valence-corrected chi connectivity index (χ1v) is 11.5. The number of carbonyl (C=O) groups is 4. The van der Waals surface area contributed by atoms with E-state index >= 15 is 0 Å². The van der Waals surface area contributed by atoms with Gasteiger partial charge in [-0.15, -0.1) is 23.1 Å². The smallest absolute Gasteiger partial charge is 0.358 e. The summed E-state index contributed by atoms with van der Waals surface area (Å²) in [4.78, 5) is 54.6. The van der Waals surface area contributed by atoms with E-state index in [1.165, 1.54) is 35.9 Å². The normalized spacial score (nSPS) is 21.4. The zero-order valence-corrected chi connectivity index (χ0v) is 19.4. The second-order valence-electron chi connectivity index (χ2n) is 6.84. The van der Waals surface area contributed by atoms with Crippen LogP contribution >= 0.6 is 23.1 Å². The summed E-state index contributed by atoms with van der Waals surface area (Å²) >= 11 is 2.40. The van der Waals surface area contributed by atoms with Crippen molar-refractivity contribution < 1.29 is 33.9 Å². The SMILES string of the molecule is C/C=C\C1=C(C(=O)OC(C)OC(C)=O)N2C(=O)[C@@H](NC(=O)/C(=N/O)c3csc(N)n3)[C@H]2SC1. The second-order valence-corrected chi connectivity index (χ2v) is 8.83. The molecule has 0 aliphatic carbocycles. The Kier molecular flexibility index (Phi) is 7.38. The van der Waals surface area contributed by atoms with Gasteiger partial charge in [0.25, 0.3) is 11.8 Å². The molecule has 0 radical (unpaired) electrons. The number of aromatic nitrogens is 1. The van der Waals surface area contributed by atoms with Crippen molar-refractivity contribution in [2.75, 3.05) is 11.5 Å². The number of oxime groups is 1. The maximum atomic E-state index is 12.9. The van der Waals surface area contributed by atoms with Crippen LogP contribution in [0.5, 0.6) is 0 Å². The monoisotopic (exact) mass is 495 g/mol. The molecule has 2 amide bonds. The third-order valence-electron chi connectivity index (χ3n) is 4.53. The fraction of sp³-hybridized carbons (Fsp3) is 0.368. The van der Waals surface area contributed by atoms with E-state index in [0.717, 1.165) is 11.3 Å². The van der Waals surface area contributed by atoms with E-state index in [1.54, 1.807) is 19.1 Å². The number of thioether (sulfide) groups is 1. The van der Waals surface area contributed by atoms with Crippen LogP contribution in [0, 0.1) is 0 Å². The molecule has 3 heterocycles. The van der Waals surface area contributed by atoms with Gasteiger partial charge in [-0.25, -0.2) is 9.78 Å². The van der Waals surface area contributed by atoms with Gasteiger partial charge >= 0.3 is 11.9 Å². The van der Waals surface area contributed by atoms with Gasteiger partial charge in [0.05, 0.1) is 0 Å². The average Bonchev–Trinajstić information content (AvgIpc) is 3.17. The van der Waals surface area contributed by atoms with Gasteiger partial charge in [0.15, 0.2) is 10.8 Å². The first-order chi connectivity index (χ1) is 15.7. The lowest BCUT2D eigenvalue weighted by Gasteiger charge is -2.49. The molecule has 176 valence electrons. The van der Waals surface area contributed by atoms with E-state index in [-0.39, 0.29) is 16.5 Å². The predicted octanol–water partition coefficient (Wildman–Crippen LogP) is 0.586. The molecular formula is C19H21N5O7S2. The Morgan fingerprint density at radius 2 is 2.15 bits per heavy atom. The molecule has 1 fully saturated rings. The number of nitrogens with one attached hydrogen (secondary N) is 1. The van der Waals surface area contributed by atoms with Crippen LogP contribution in [-0.4, -0.2) is 68.0 Å². The van der Waals surface area contributed by atoms with Gasteiger partial charge in [-0.3, -0.25) is 19.3 Å². The topological polar surface area (TPSA) is 174 Å². The van der Waals surface area contributed by atoms with Crippen LogP contribution in [-0.2, 0) is 28.7 Å². The van der Waals surface area contributed by atoms with Crippen molar-refractivity contribution in [3.8, 4) is 0 Å². The molecule has 0 bridgehead atoms. The average molecular weight is 496 g/mol. The Morgan fingerprint density at radius 1 is 1.42 bits per heavy atom. The summed E-state index contributed by atoms with van der Waals surface area (Å²) in [5.41, 5.74) is 5.78. The lowest BCUT2D eigenvalue weighted by atomic mass is 10.0. The predicted molar refractivity (Wildman–Crippen MR) is 119 cm³/mol. The van der Waals surface area contributed by atoms with Gasteiger partial charge in [0.1, 0.15) is 22.8 Å². The van der Waals surface area contributed by atoms with Crippen molar-refractivity contribution in [3.05, 3.63) is 34.5 Å². The number of allylic oxidation sites excluding steroid dienone is 2. The maximum Gasteiger partial charge on any atom is 0.358 e. The first-order valence-electron chi connectivity index (χ1n) is 9.60. The molecule has 14 heteroatoms. The number of ether oxygens (including phenoxy) is 2. The number of hydrogen-bond acceptors (Lipinski definition) is 12. The van der Waals surface area contributed by atoms with E-state index in [2.05, 4.69) is 15.5 Å². The number of fused-ring (bicyclic) bond motifs is 1. The number of hydrogen-bond donors (Lipinski definition) is 3. The van der Waals surface area contributed by atoms with Gasteiger partial charge < -0.3 is 25.7 Å². The van der Waals surface area contributed by atoms with Crippen molar-refractivity contribution in [1.29, 1.82) is 0 Å². The van der Waals surface area contributed by atoms with Crippen molar-refractivity contribution in [2.45, 2.75) is 38.5 Å². The Morgan fingerprint density at radius 3 is 2.73 bits per heavy atom. The van der Waals surface area contributed by atoms with Crippen LogP contribution in [0.3, 0.4) is 0 Å². The second kappa shape index (κ2) is 10.0. The Hall–Kier alpha value is -3.39. The maximum absolute atomic E-state index is 12.9. The molecule has 2 aliphatic rings. The van der Waals surface area contributed by atoms with Gasteiger partial charge in [-0.1, -0.05) is 17.3 Å². The van der Waals surface area contributed by atoms with Crippen molar-refractivity contribution in [3.63, 3.8) is 0 Å². The summed E-state index contributed by atoms with van der Waals surface area (Å²) in [5.74, 6) is -2.47.